The highest BCUT2D eigenvalue weighted by molar-refractivity contribution is 5.87. The lowest BCUT2D eigenvalue weighted by Gasteiger charge is -2.36. The van der Waals surface area contributed by atoms with Crippen molar-refractivity contribution >= 4 is 22.5 Å². The van der Waals surface area contributed by atoms with Gasteiger partial charge in [0.05, 0.1) is 17.8 Å². The van der Waals surface area contributed by atoms with Crippen LogP contribution in [0, 0.1) is 0 Å². The fourth-order valence-corrected chi connectivity index (χ4v) is 5.47. The lowest BCUT2D eigenvalue weighted by atomic mass is 9.97. The molecule has 37 heavy (non-hydrogen) atoms. The Bertz CT molecular complexity index is 1190. The number of fused-ring (bicyclic) bond motifs is 1. The molecular formula is C31H42N4O2. The summed E-state index contributed by atoms with van der Waals surface area (Å²) in [6.45, 7) is 3.76. The zero-order valence-electron chi connectivity index (χ0n) is 22.7. The van der Waals surface area contributed by atoms with E-state index in [2.05, 4.69) is 47.3 Å². The number of carbonyl (C=O) groups is 2. The van der Waals surface area contributed by atoms with Gasteiger partial charge in [-0.05, 0) is 56.1 Å². The number of hydrogen-bond donors (Lipinski definition) is 1. The molecule has 1 aliphatic rings. The molecule has 0 spiro atoms. The maximum atomic E-state index is 13.8. The van der Waals surface area contributed by atoms with Gasteiger partial charge in [-0.2, -0.15) is 0 Å². The van der Waals surface area contributed by atoms with Gasteiger partial charge in [0, 0.05) is 38.0 Å². The number of aromatic nitrogens is 2. The van der Waals surface area contributed by atoms with E-state index < -0.39 is 0 Å². The number of H-pyrrole nitrogens is 1. The van der Waals surface area contributed by atoms with Gasteiger partial charge in [0.1, 0.15) is 11.6 Å². The molecule has 1 amide bonds. The minimum atomic E-state index is -0.310. The molecule has 0 saturated carbocycles. The highest BCUT2D eigenvalue weighted by Crippen LogP contribution is 2.28. The molecule has 0 aliphatic carbocycles. The average molecular weight is 503 g/mol. The first kappa shape index (κ1) is 27.1. The number of likely N-dealkylation sites (N-methyl/N-ethyl adjacent to an activating group) is 2. The van der Waals surface area contributed by atoms with E-state index in [9.17, 15) is 9.59 Å². The molecule has 2 heterocycles. The van der Waals surface area contributed by atoms with Crippen LogP contribution < -0.4 is 0 Å². The highest BCUT2D eigenvalue weighted by Gasteiger charge is 2.29. The number of piperidine rings is 1. The van der Waals surface area contributed by atoms with Crippen molar-refractivity contribution < 1.29 is 9.59 Å². The topological polar surface area (TPSA) is 69.3 Å². The summed E-state index contributed by atoms with van der Waals surface area (Å²) in [4.78, 5) is 37.9. The van der Waals surface area contributed by atoms with E-state index in [1.54, 1.807) is 0 Å². The summed E-state index contributed by atoms with van der Waals surface area (Å²) in [6.07, 6.45) is 10.2. The fraction of sp³-hybridized carbons (Fsp3) is 0.516. The molecular weight excluding hydrogens is 460 g/mol. The highest BCUT2D eigenvalue weighted by atomic mass is 16.2. The van der Waals surface area contributed by atoms with Gasteiger partial charge >= 0.3 is 0 Å². The molecule has 1 fully saturated rings. The summed E-state index contributed by atoms with van der Waals surface area (Å²) in [5.41, 5.74) is 2.00. The van der Waals surface area contributed by atoms with Crippen LogP contribution in [0.1, 0.15) is 76.5 Å². The third-order valence-corrected chi connectivity index (χ3v) is 7.91. The number of imidazole rings is 1. The predicted octanol–water partition coefficient (Wildman–Crippen LogP) is 6.19. The van der Waals surface area contributed by atoms with E-state index in [0.29, 0.717) is 24.7 Å². The normalized spacial score (nSPS) is 17.1. The van der Waals surface area contributed by atoms with Crippen LogP contribution >= 0.6 is 0 Å². The Morgan fingerprint density at radius 2 is 1.92 bits per heavy atom. The van der Waals surface area contributed by atoms with Gasteiger partial charge in [-0.25, -0.2) is 4.98 Å². The Hall–Kier alpha value is -2.99. The van der Waals surface area contributed by atoms with Gasteiger partial charge < -0.3 is 14.8 Å². The van der Waals surface area contributed by atoms with Crippen LogP contribution in [-0.2, 0) is 9.59 Å². The summed E-state index contributed by atoms with van der Waals surface area (Å²) < 4.78 is 0. The summed E-state index contributed by atoms with van der Waals surface area (Å²) in [5.74, 6) is 0.870. The van der Waals surface area contributed by atoms with Gasteiger partial charge in [0.2, 0.25) is 5.91 Å². The molecule has 2 unspecified atom stereocenters. The van der Waals surface area contributed by atoms with Crippen LogP contribution in [0.2, 0.25) is 0 Å². The van der Waals surface area contributed by atoms with E-state index in [1.807, 2.05) is 37.2 Å². The monoisotopic (exact) mass is 502 g/mol. The van der Waals surface area contributed by atoms with Crippen LogP contribution in [0.5, 0.6) is 0 Å². The number of likely N-dealkylation sites (tertiary alicyclic amines) is 1. The van der Waals surface area contributed by atoms with Crippen molar-refractivity contribution in [3.05, 3.63) is 54.5 Å². The third kappa shape index (κ3) is 7.07. The first-order chi connectivity index (χ1) is 18.0. The molecule has 1 aliphatic heterocycles. The molecule has 0 radical (unpaired) electrons. The Morgan fingerprint density at radius 1 is 1.11 bits per heavy atom. The second-order valence-electron chi connectivity index (χ2n) is 10.6. The van der Waals surface area contributed by atoms with Crippen LogP contribution in [-0.4, -0.2) is 64.7 Å². The summed E-state index contributed by atoms with van der Waals surface area (Å²) in [6, 6.07) is 15.1. The number of amides is 1. The first-order valence-electron chi connectivity index (χ1n) is 14.0. The number of rotatable bonds is 12. The van der Waals surface area contributed by atoms with Crippen molar-refractivity contribution in [3.8, 4) is 11.3 Å². The average Bonchev–Trinajstić information content (AvgIpc) is 3.41. The summed E-state index contributed by atoms with van der Waals surface area (Å²) in [5, 5.41) is 2.39. The van der Waals surface area contributed by atoms with Crippen molar-refractivity contribution in [2.24, 2.45) is 0 Å². The Labute approximate surface area is 221 Å². The number of unbranched alkanes of at least 4 members (excludes halogenated alkanes) is 2. The molecule has 198 valence electrons. The van der Waals surface area contributed by atoms with Crippen LogP contribution in [0.25, 0.3) is 22.0 Å². The Morgan fingerprint density at radius 3 is 2.70 bits per heavy atom. The number of nitrogens with one attached hydrogen (secondary N) is 1. The van der Waals surface area contributed by atoms with Crippen molar-refractivity contribution in [1.82, 2.24) is 19.8 Å². The number of carbonyl (C=O) groups excluding carboxylic acids is 2. The van der Waals surface area contributed by atoms with Gasteiger partial charge in [0.15, 0.2) is 0 Å². The zero-order valence-corrected chi connectivity index (χ0v) is 22.7. The predicted molar refractivity (Wildman–Crippen MR) is 151 cm³/mol. The SMILES string of the molecule is CCC(=O)CCCCCC(C(=O)N(C)CC1CCCCN1C)c1ncc(-c2ccc3ccccc3c2)[nH]1. The fourth-order valence-electron chi connectivity index (χ4n) is 5.47. The maximum Gasteiger partial charge on any atom is 0.233 e. The van der Waals surface area contributed by atoms with Crippen molar-refractivity contribution in [2.75, 3.05) is 27.2 Å². The maximum absolute atomic E-state index is 13.8. The first-order valence-corrected chi connectivity index (χ1v) is 14.0. The minimum Gasteiger partial charge on any atom is -0.344 e. The molecule has 1 aromatic heterocycles. The molecule has 6 heteroatoms. The molecule has 1 N–H and O–H groups in total. The van der Waals surface area contributed by atoms with Crippen LogP contribution in [0.15, 0.2) is 48.7 Å². The van der Waals surface area contributed by atoms with Crippen LogP contribution in [0.3, 0.4) is 0 Å². The number of Topliss-reactive ketones (excluding diaryl/α,β-unsaturated/α-hetero) is 1. The number of benzene rings is 2. The van der Waals surface area contributed by atoms with E-state index in [4.69, 9.17) is 4.98 Å². The van der Waals surface area contributed by atoms with Gasteiger partial charge in [0.25, 0.3) is 0 Å². The number of ketones is 1. The number of aromatic amines is 1. The zero-order chi connectivity index (χ0) is 26.2. The smallest absolute Gasteiger partial charge is 0.233 e. The quantitative estimate of drug-likeness (QED) is 0.300. The van der Waals surface area contributed by atoms with Crippen molar-refractivity contribution in [3.63, 3.8) is 0 Å². The van der Waals surface area contributed by atoms with Crippen molar-refractivity contribution in [1.29, 1.82) is 0 Å². The lowest BCUT2D eigenvalue weighted by molar-refractivity contribution is -0.132. The molecule has 3 aromatic rings. The van der Waals surface area contributed by atoms with E-state index in [-0.39, 0.29) is 11.8 Å². The minimum absolute atomic E-state index is 0.128. The standard InChI is InChI=1S/C31H42N4O2/c1-4-27(36)15-6-5-7-16-28(31(37)35(3)22-26-14-10-11-19-34(26)2)30-32-21-29(33-30)25-18-17-23-12-8-9-13-24(23)20-25/h8-9,12-13,17-18,20-21,26,28H,4-7,10-11,14-16,19,22H2,1-3H3,(H,32,33). The van der Waals surface area contributed by atoms with E-state index in [1.165, 1.54) is 23.6 Å². The number of nitrogens with zero attached hydrogens (tertiary/aromatic N) is 3. The van der Waals surface area contributed by atoms with Gasteiger partial charge in [-0.3, -0.25) is 9.59 Å². The molecule has 1 saturated heterocycles. The summed E-state index contributed by atoms with van der Waals surface area (Å²) >= 11 is 0. The van der Waals surface area contributed by atoms with E-state index in [0.717, 1.165) is 62.3 Å². The second-order valence-corrected chi connectivity index (χ2v) is 10.6. The largest absolute Gasteiger partial charge is 0.344 e. The molecule has 4 rings (SSSR count). The Balaban J connectivity index is 1.49. The summed E-state index contributed by atoms with van der Waals surface area (Å²) in [7, 11) is 4.10. The van der Waals surface area contributed by atoms with Crippen molar-refractivity contribution in [2.45, 2.75) is 76.7 Å². The molecule has 0 bridgehead atoms. The van der Waals surface area contributed by atoms with E-state index >= 15 is 0 Å². The van der Waals surface area contributed by atoms with Gasteiger partial charge in [-0.15, -0.1) is 0 Å². The Kier molecular flexibility index (Phi) is 9.51. The molecule has 2 aromatic carbocycles. The second kappa shape index (κ2) is 13.0. The van der Waals surface area contributed by atoms with Gasteiger partial charge in [-0.1, -0.05) is 62.6 Å². The molecule has 6 nitrogen and oxygen atoms in total. The molecule has 2 atom stereocenters. The van der Waals surface area contributed by atoms with Crippen LogP contribution in [0.4, 0.5) is 0 Å². The number of hydrogen-bond acceptors (Lipinski definition) is 4. The lowest BCUT2D eigenvalue weighted by Crippen LogP contribution is -2.46. The third-order valence-electron chi connectivity index (χ3n) is 7.91.